The summed E-state index contributed by atoms with van der Waals surface area (Å²) < 4.78 is 17.0. The van der Waals surface area contributed by atoms with Crippen LogP contribution < -0.4 is 5.32 Å². The van der Waals surface area contributed by atoms with Gasteiger partial charge in [0.2, 0.25) is 0 Å². The third-order valence-electron chi connectivity index (χ3n) is 6.32. The van der Waals surface area contributed by atoms with Gasteiger partial charge in [0.05, 0.1) is 25.4 Å². The average molecular weight is 451 g/mol. The standard InChI is InChI=1S/C17H29N3O3.HI/c1-18-16(20-7-9-22-12(10-20)11-21-2)19-14-13-4-8-23-15(13)17(14)5-3-6-17;/h12-15H,3-11H2,1-2H3,(H,18,19);1H. The Kier molecular flexibility index (Phi) is 5.94. The molecule has 7 heteroatoms. The average Bonchev–Trinajstić information content (AvgIpc) is 2.92. The molecule has 1 N–H and O–H groups in total. The Bertz CT molecular complexity index is 470. The highest BCUT2D eigenvalue weighted by Gasteiger charge is 2.66. The normalized spacial score (nSPS) is 37.2. The maximum absolute atomic E-state index is 6.02. The van der Waals surface area contributed by atoms with Gasteiger partial charge < -0.3 is 24.4 Å². The summed E-state index contributed by atoms with van der Waals surface area (Å²) in [4.78, 5) is 6.88. The van der Waals surface area contributed by atoms with Gasteiger partial charge in [-0.15, -0.1) is 24.0 Å². The quantitative estimate of drug-likeness (QED) is 0.401. The van der Waals surface area contributed by atoms with E-state index in [1.54, 1.807) is 7.11 Å². The molecule has 0 bridgehead atoms. The lowest BCUT2D eigenvalue weighted by atomic mass is 9.46. The molecule has 6 nitrogen and oxygen atoms in total. The van der Waals surface area contributed by atoms with Crippen LogP contribution in [-0.4, -0.2) is 76.2 Å². The summed E-state index contributed by atoms with van der Waals surface area (Å²) in [5.74, 6) is 1.69. The van der Waals surface area contributed by atoms with E-state index < -0.39 is 0 Å². The summed E-state index contributed by atoms with van der Waals surface area (Å²) >= 11 is 0. The van der Waals surface area contributed by atoms with Gasteiger partial charge >= 0.3 is 0 Å². The van der Waals surface area contributed by atoms with Crippen LogP contribution in [0.4, 0.5) is 0 Å². The molecule has 0 radical (unpaired) electrons. The number of hydrogen-bond donors (Lipinski definition) is 1. The number of halogens is 1. The number of nitrogens with zero attached hydrogens (tertiary/aromatic N) is 2. The van der Waals surface area contributed by atoms with Crippen LogP contribution in [0.3, 0.4) is 0 Å². The van der Waals surface area contributed by atoms with E-state index in [0.29, 0.717) is 30.1 Å². The van der Waals surface area contributed by atoms with Crippen LogP contribution >= 0.6 is 24.0 Å². The van der Waals surface area contributed by atoms with Crippen molar-refractivity contribution in [1.82, 2.24) is 10.2 Å². The van der Waals surface area contributed by atoms with Crippen molar-refractivity contribution in [2.24, 2.45) is 16.3 Å². The van der Waals surface area contributed by atoms with Gasteiger partial charge in [-0.1, -0.05) is 6.42 Å². The van der Waals surface area contributed by atoms with Gasteiger partial charge in [-0.25, -0.2) is 0 Å². The fourth-order valence-electron chi connectivity index (χ4n) is 5.09. The van der Waals surface area contributed by atoms with Crippen LogP contribution in [-0.2, 0) is 14.2 Å². The zero-order valence-corrected chi connectivity index (χ0v) is 17.0. The molecule has 0 aromatic carbocycles. The smallest absolute Gasteiger partial charge is 0.194 e. The molecule has 4 unspecified atom stereocenters. The maximum atomic E-state index is 6.02. The SMILES string of the molecule is CN=C(NC1C2CCOC2C12CCC2)N1CCOC(COC)C1.I. The molecule has 2 saturated carbocycles. The second kappa shape index (κ2) is 7.63. The predicted molar refractivity (Wildman–Crippen MR) is 103 cm³/mol. The molecule has 4 aliphatic rings. The zero-order valence-electron chi connectivity index (χ0n) is 14.7. The molecule has 0 amide bonds. The molecule has 4 rings (SSSR count). The van der Waals surface area contributed by atoms with Gasteiger partial charge in [-0.2, -0.15) is 0 Å². The molecule has 2 saturated heterocycles. The number of methoxy groups -OCH3 is 1. The van der Waals surface area contributed by atoms with Crippen molar-refractivity contribution in [3.05, 3.63) is 0 Å². The first-order valence-corrected chi connectivity index (χ1v) is 8.99. The number of nitrogens with one attached hydrogen (secondary N) is 1. The number of rotatable bonds is 3. The Hall–Kier alpha value is -0.120. The van der Waals surface area contributed by atoms with Gasteiger partial charge in [-0.05, 0) is 19.3 Å². The number of guanidine groups is 1. The predicted octanol–water partition coefficient (Wildman–Crippen LogP) is 1.48. The third kappa shape index (κ3) is 2.95. The molecular weight excluding hydrogens is 421 g/mol. The van der Waals surface area contributed by atoms with Gasteiger partial charge in [0.15, 0.2) is 5.96 Å². The summed E-state index contributed by atoms with van der Waals surface area (Å²) in [6.45, 7) is 4.04. The van der Waals surface area contributed by atoms with E-state index in [1.807, 2.05) is 7.05 Å². The van der Waals surface area contributed by atoms with Crippen molar-refractivity contribution in [2.75, 3.05) is 47.1 Å². The van der Waals surface area contributed by atoms with Gasteiger partial charge in [0, 0.05) is 51.2 Å². The Labute approximate surface area is 161 Å². The van der Waals surface area contributed by atoms with Gasteiger partial charge in [0.1, 0.15) is 0 Å². The Balaban J connectivity index is 0.00000169. The summed E-state index contributed by atoms with van der Waals surface area (Å²) in [6.07, 6.45) is 5.77. The number of ether oxygens (including phenoxy) is 3. The molecule has 2 aliphatic heterocycles. The van der Waals surface area contributed by atoms with E-state index in [2.05, 4.69) is 15.2 Å². The fourth-order valence-corrected chi connectivity index (χ4v) is 5.09. The Morgan fingerprint density at radius 2 is 2.17 bits per heavy atom. The fraction of sp³-hybridized carbons (Fsp3) is 0.941. The van der Waals surface area contributed by atoms with E-state index in [1.165, 1.54) is 25.7 Å². The van der Waals surface area contributed by atoms with E-state index in [0.717, 1.165) is 32.3 Å². The summed E-state index contributed by atoms with van der Waals surface area (Å²) in [7, 11) is 3.61. The molecule has 2 heterocycles. The Morgan fingerprint density at radius 1 is 1.33 bits per heavy atom. The van der Waals surface area contributed by atoms with Crippen LogP contribution in [0.5, 0.6) is 0 Å². The lowest BCUT2D eigenvalue weighted by Crippen LogP contribution is -2.73. The summed E-state index contributed by atoms with van der Waals surface area (Å²) in [5, 5.41) is 3.80. The summed E-state index contributed by atoms with van der Waals surface area (Å²) in [5.41, 5.74) is 0.384. The number of morpholine rings is 1. The largest absolute Gasteiger partial charge is 0.382 e. The second-order valence-electron chi connectivity index (χ2n) is 7.39. The number of fused-ring (bicyclic) bond motifs is 2. The number of hydrogen-bond acceptors (Lipinski definition) is 4. The van der Waals surface area contributed by atoms with Crippen molar-refractivity contribution in [3.63, 3.8) is 0 Å². The van der Waals surface area contributed by atoms with E-state index in [-0.39, 0.29) is 30.1 Å². The highest BCUT2D eigenvalue weighted by atomic mass is 127. The molecule has 24 heavy (non-hydrogen) atoms. The molecule has 4 fully saturated rings. The van der Waals surface area contributed by atoms with Crippen molar-refractivity contribution >= 4 is 29.9 Å². The highest BCUT2D eigenvalue weighted by Crippen LogP contribution is 2.62. The van der Waals surface area contributed by atoms with Gasteiger partial charge in [0.25, 0.3) is 0 Å². The molecule has 4 atom stereocenters. The first kappa shape index (κ1) is 18.7. The second-order valence-corrected chi connectivity index (χ2v) is 7.39. The highest BCUT2D eigenvalue weighted by molar-refractivity contribution is 14.0. The van der Waals surface area contributed by atoms with Crippen LogP contribution in [0.2, 0.25) is 0 Å². The lowest BCUT2D eigenvalue weighted by molar-refractivity contribution is -0.171. The van der Waals surface area contributed by atoms with Crippen molar-refractivity contribution < 1.29 is 14.2 Å². The van der Waals surface area contributed by atoms with Crippen LogP contribution in [0.15, 0.2) is 4.99 Å². The minimum absolute atomic E-state index is 0. The summed E-state index contributed by atoms with van der Waals surface area (Å²) in [6, 6.07) is 0.533. The molecule has 2 aliphatic carbocycles. The lowest BCUT2D eigenvalue weighted by Gasteiger charge is -2.63. The molecule has 0 aromatic heterocycles. The monoisotopic (exact) mass is 451 g/mol. The topological polar surface area (TPSA) is 55.3 Å². The number of aliphatic imine (C=N–C) groups is 1. The minimum atomic E-state index is 0. The molecular formula is C17H30IN3O3. The van der Waals surface area contributed by atoms with Crippen molar-refractivity contribution in [3.8, 4) is 0 Å². The van der Waals surface area contributed by atoms with Crippen LogP contribution in [0, 0.1) is 11.3 Å². The third-order valence-corrected chi connectivity index (χ3v) is 6.32. The van der Waals surface area contributed by atoms with E-state index >= 15 is 0 Å². The molecule has 138 valence electrons. The first-order chi connectivity index (χ1) is 11.3. The van der Waals surface area contributed by atoms with E-state index in [4.69, 9.17) is 14.2 Å². The maximum Gasteiger partial charge on any atom is 0.194 e. The van der Waals surface area contributed by atoms with Crippen molar-refractivity contribution in [1.29, 1.82) is 0 Å². The van der Waals surface area contributed by atoms with Crippen LogP contribution in [0.1, 0.15) is 25.7 Å². The first-order valence-electron chi connectivity index (χ1n) is 8.99. The van der Waals surface area contributed by atoms with Gasteiger partial charge in [-0.3, -0.25) is 4.99 Å². The van der Waals surface area contributed by atoms with Crippen molar-refractivity contribution in [2.45, 2.75) is 43.9 Å². The zero-order chi connectivity index (χ0) is 15.9. The van der Waals surface area contributed by atoms with E-state index in [9.17, 15) is 0 Å². The molecule has 0 aromatic rings. The molecule has 1 spiro atoms. The Morgan fingerprint density at radius 3 is 2.83 bits per heavy atom. The van der Waals surface area contributed by atoms with Crippen LogP contribution in [0.25, 0.3) is 0 Å². The minimum Gasteiger partial charge on any atom is -0.382 e.